The van der Waals surface area contributed by atoms with Gasteiger partial charge in [-0.05, 0) is 64.2 Å². The number of allylic oxidation sites excluding steroid dienone is 10. The number of carbonyl (C=O) groups is 3. The number of carboxylic acids is 1. The van der Waals surface area contributed by atoms with Crippen molar-refractivity contribution < 1.29 is 38.2 Å². The maximum Gasteiger partial charge on any atom is 0.362 e. The van der Waals surface area contributed by atoms with E-state index >= 15 is 0 Å². The van der Waals surface area contributed by atoms with Crippen LogP contribution in [0.1, 0.15) is 129 Å². The summed E-state index contributed by atoms with van der Waals surface area (Å²) in [7, 11) is 5.48. The Kier molecular flexibility index (Phi) is 30.3. The van der Waals surface area contributed by atoms with Gasteiger partial charge in [0.25, 0.3) is 0 Å². The molecule has 8 nitrogen and oxygen atoms in total. The molecule has 0 radical (unpaired) electrons. The highest BCUT2D eigenvalue weighted by Crippen LogP contribution is 2.11. The van der Waals surface area contributed by atoms with Crippen LogP contribution < -0.4 is 0 Å². The van der Waals surface area contributed by atoms with Crippen molar-refractivity contribution in [1.82, 2.24) is 0 Å². The maximum absolute atomic E-state index is 12.6. The molecule has 0 saturated heterocycles. The second-order valence-corrected chi connectivity index (χ2v) is 13.4. The highest BCUT2D eigenvalue weighted by atomic mass is 16.6. The highest BCUT2D eigenvalue weighted by molar-refractivity contribution is 5.72. The Hall–Kier alpha value is -2.97. The van der Waals surface area contributed by atoms with Gasteiger partial charge < -0.3 is 23.8 Å². The Morgan fingerprint density at radius 2 is 1.18 bits per heavy atom. The van der Waals surface area contributed by atoms with Crippen LogP contribution in [-0.4, -0.2) is 80.6 Å². The van der Waals surface area contributed by atoms with Crippen LogP contribution in [0.3, 0.4) is 0 Å². The van der Waals surface area contributed by atoms with Crippen molar-refractivity contribution in [2.24, 2.45) is 0 Å². The fraction of sp³-hybridized carbons (Fsp3) is 0.683. The fourth-order valence-electron chi connectivity index (χ4n) is 4.98. The van der Waals surface area contributed by atoms with Gasteiger partial charge in [-0.1, -0.05) is 107 Å². The molecule has 0 aromatic heterocycles. The Bertz CT molecular complexity index is 990. The lowest BCUT2D eigenvalue weighted by Gasteiger charge is -2.31. The molecule has 280 valence electrons. The minimum atomic E-state index is -0.891. The van der Waals surface area contributed by atoms with E-state index in [1.54, 1.807) is 0 Å². The van der Waals surface area contributed by atoms with Gasteiger partial charge >= 0.3 is 17.9 Å². The zero-order chi connectivity index (χ0) is 36.4. The van der Waals surface area contributed by atoms with Crippen LogP contribution in [0, 0.1) is 0 Å². The molecule has 0 aliphatic heterocycles. The van der Waals surface area contributed by atoms with Gasteiger partial charge in [0, 0.05) is 19.3 Å². The van der Waals surface area contributed by atoms with Crippen molar-refractivity contribution in [1.29, 1.82) is 0 Å². The van der Waals surface area contributed by atoms with Gasteiger partial charge in [0.05, 0.1) is 34.4 Å². The number of carbonyl (C=O) groups excluding carboxylic acids is 2. The minimum Gasteiger partial charge on any atom is -0.477 e. The van der Waals surface area contributed by atoms with E-state index in [1.165, 1.54) is 38.5 Å². The van der Waals surface area contributed by atoms with Gasteiger partial charge in [0.1, 0.15) is 6.61 Å². The van der Waals surface area contributed by atoms with Crippen LogP contribution in [0.2, 0.25) is 0 Å². The van der Waals surface area contributed by atoms with Crippen LogP contribution in [0.5, 0.6) is 0 Å². The molecule has 0 heterocycles. The molecule has 0 fully saturated rings. The van der Waals surface area contributed by atoms with Crippen molar-refractivity contribution in [3.8, 4) is 0 Å². The Morgan fingerprint density at radius 1 is 0.633 bits per heavy atom. The first kappa shape index (κ1) is 46.0. The number of rotatable bonds is 32. The fourth-order valence-corrected chi connectivity index (χ4v) is 4.98. The van der Waals surface area contributed by atoms with Gasteiger partial charge in [-0.3, -0.25) is 9.59 Å². The number of ether oxygens (including phenoxy) is 3. The molecule has 0 spiro atoms. The molecule has 0 amide bonds. The molecule has 0 aliphatic carbocycles. The molecule has 49 heavy (non-hydrogen) atoms. The molecule has 8 heteroatoms. The first-order valence-corrected chi connectivity index (χ1v) is 18.8. The largest absolute Gasteiger partial charge is 0.477 e. The van der Waals surface area contributed by atoms with E-state index in [0.717, 1.165) is 44.9 Å². The van der Waals surface area contributed by atoms with E-state index in [2.05, 4.69) is 68.5 Å². The zero-order valence-electron chi connectivity index (χ0n) is 31.6. The van der Waals surface area contributed by atoms with Gasteiger partial charge in [-0.25, -0.2) is 4.79 Å². The zero-order valence-corrected chi connectivity index (χ0v) is 31.6. The molecular weight excluding hydrogens is 618 g/mol. The van der Waals surface area contributed by atoms with Crippen molar-refractivity contribution in [3.05, 3.63) is 60.8 Å². The van der Waals surface area contributed by atoms with Crippen LogP contribution in [0.15, 0.2) is 60.8 Å². The van der Waals surface area contributed by atoms with Gasteiger partial charge in [0.2, 0.25) is 0 Å². The number of esters is 2. The normalized spacial score (nSPS) is 13.7. The van der Waals surface area contributed by atoms with E-state index in [9.17, 15) is 19.5 Å². The Balaban J connectivity index is 4.59. The van der Waals surface area contributed by atoms with Crippen molar-refractivity contribution in [2.45, 2.75) is 142 Å². The summed E-state index contributed by atoms with van der Waals surface area (Å²) >= 11 is 0. The standard InChI is InChI=1S/C41H69NO7/c1-6-8-10-12-14-16-18-20-22-23-25-27-29-31-39(43)48-36-37(35-47-34-33-38(41(45)46)42(3,4)5)49-40(44)32-30-28-26-24-21-19-17-15-13-11-9-7-2/h9,11,15,17,20-22,24-25,27,37-38H,6-8,10,12-14,16,18-19,23,26,28-36H2,1-5H3/p+1/b11-9+,17-15+,22-20+,24-21+,27-25+. The summed E-state index contributed by atoms with van der Waals surface area (Å²) in [5.74, 6) is -1.62. The summed E-state index contributed by atoms with van der Waals surface area (Å²) in [5, 5.41) is 9.57. The molecule has 2 unspecified atom stereocenters. The first-order chi connectivity index (χ1) is 23.6. The van der Waals surface area contributed by atoms with E-state index in [-0.39, 0.29) is 49.1 Å². The minimum absolute atomic E-state index is 0.0258. The summed E-state index contributed by atoms with van der Waals surface area (Å²) in [6, 6.07) is -0.629. The van der Waals surface area contributed by atoms with Crippen LogP contribution in [-0.2, 0) is 28.6 Å². The first-order valence-electron chi connectivity index (χ1n) is 18.8. The monoisotopic (exact) mass is 689 g/mol. The van der Waals surface area contributed by atoms with E-state index < -0.39 is 18.1 Å². The number of likely N-dealkylation sites (N-methyl/N-ethyl adjacent to an activating group) is 1. The van der Waals surface area contributed by atoms with Crippen LogP contribution in [0.25, 0.3) is 0 Å². The van der Waals surface area contributed by atoms with Crippen molar-refractivity contribution in [3.63, 3.8) is 0 Å². The quantitative estimate of drug-likeness (QED) is 0.0325. The number of quaternary nitrogens is 1. The highest BCUT2D eigenvalue weighted by Gasteiger charge is 2.31. The number of nitrogens with zero attached hydrogens (tertiary/aromatic N) is 1. The molecule has 0 bridgehead atoms. The Labute approximate surface area is 298 Å². The molecule has 0 aromatic carbocycles. The third-order valence-electron chi connectivity index (χ3n) is 7.91. The maximum atomic E-state index is 12.6. The lowest BCUT2D eigenvalue weighted by atomic mass is 10.1. The second-order valence-electron chi connectivity index (χ2n) is 13.4. The SMILES string of the molecule is CC/C=C/C/C=C/C/C=C/CCCCC(=O)OC(COCCC(C(=O)O)[N+](C)(C)C)COC(=O)CC/C=C/C/C=C/CCCCCCCC. The summed E-state index contributed by atoms with van der Waals surface area (Å²) in [6.45, 7) is 4.47. The van der Waals surface area contributed by atoms with Gasteiger partial charge in [0.15, 0.2) is 12.1 Å². The Morgan fingerprint density at radius 3 is 1.78 bits per heavy atom. The second kappa shape index (κ2) is 32.2. The molecule has 2 atom stereocenters. The lowest BCUT2D eigenvalue weighted by Crippen LogP contribution is -2.50. The van der Waals surface area contributed by atoms with E-state index in [4.69, 9.17) is 14.2 Å². The summed E-state index contributed by atoms with van der Waals surface area (Å²) in [5.41, 5.74) is 0. The number of carboxylic acid groups (broad SMARTS) is 1. The molecule has 1 N–H and O–H groups in total. The number of aliphatic carboxylic acids is 1. The van der Waals surface area contributed by atoms with Crippen LogP contribution >= 0.6 is 0 Å². The smallest absolute Gasteiger partial charge is 0.362 e. The third kappa shape index (κ3) is 30.8. The number of hydrogen-bond acceptors (Lipinski definition) is 6. The van der Waals surface area contributed by atoms with Gasteiger partial charge in [-0.15, -0.1) is 0 Å². The number of unbranched alkanes of at least 4 members (excludes halogenated alkanes) is 8. The number of hydrogen-bond donors (Lipinski definition) is 1. The van der Waals surface area contributed by atoms with E-state index in [0.29, 0.717) is 19.3 Å². The van der Waals surface area contributed by atoms with Crippen molar-refractivity contribution in [2.75, 3.05) is 41.0 Å². The molecule has 0 rings (SSSR count). The van der Waals surface area contributed by atoms with E-state index in [1.807, 2.05) is 27.2 Å². The third-order valence-corrected chi connectivity index (χ3v) is 7.91. The predicted molar refractivity (Wildman–Crippen MR) is 201 cm³/mol. The summed E-state index contributed by atoms with van der Waals surface area (Å²) in [4.78, 5) is 36.7. The molecular formula is C41H70NO7+. The lowest BCUT2D eigenvalue weighted by molar-refractivity contribution is -0.887. The average molecular weight is 689 g/mol. The summed E-state index contributed by atoms with van der Waals surface area (Å²) in [6.07, 6.45) is 37.1. The predicted octanol–water partition coefficient (Wildman–Crippen LogP) is 9.46. The molecule has 0 aliphatic rings. The molecule has 0 saturated carbocycles. The van der Waals surface area contributed by atoms with Gasteiger partial charge in [-0.2, -0.15) is 0 Å². The van der Waals surface area contributed by atoms with Crippen LogP contribution in [0.4, 0.5) is 0 Å². The topological polar surface area (TPSA) is 99.1 Å². The van der Waals surface area contributed by atoms with Crippen molar-refractivity contribution >= 4 is 17.9 Å². The molecule has 0 aromatic rings. The summed E-state index contributed by atoms with van der Waals surface area (Å²) < 4.78 is 17.1. The average Bonchev–Trinajstić information content (AvgIpc) is 3.05.